The number of piperazine rings is 1. The Balaban J connectivity index is 1.68. The highest BCUT2D eigenvalue weighted by Crippen LogP contribution is 2.29. The van der Waals surface area contributed by atoms with Crippen molar-refractivity contribution in [2.24, 2.45) is 5.92 Å². The summed E-state index contributed by atoms with van der Waals surface area (Å²) in [5, 5.41) is 5.63. The summed E-state index contributed by atoms with van der Waals surface area (Å²) < 4.78 is 1.91. The molecule has 4 rings (SSSR count). The Labute approximate surface area is 190 Å². The number of aromatic nitrogens is 4. The van der Waals surface area contributed by atoms with Crippen LogP contribution in [0.25, 0.3) is 16.7 Å². The van der Waals surface area contributed by atoms with Gasteiger partial charge in [-0.25, -0.2) is 14.6 Å². The molecule has 3 heterocycles. The Bertz CT molecular complexity index is 1050. The molecule has 7 nitrogen and oxygen atoms in total. The summed E-state index contributed by atoms with van der Waals surface area (Å²) in [5.74, 6) is 2.71. The average molecular weight is 435 g/mol. The molecule has 1 amide bonds. The van der Waals surface area contributed by atoms with E-state index in [-0.39, 0.29) is 11.8 Å². The molecule has 1 saturated heterocycles. The maximum atomic E-state index is 12.5. The molecular formula is C25H34N6O. The van der Waals surface area contributed by atoms with Crippen LogP contribution in [0.3, 0.4) is 0 Å². The van der Waals surface area contributed by atoms with Crippen molar-refractivity contribution in [2.45, 2.75) is 52.9 Å². The minimum absolute atomic E-state index is 0.252. The number of fused-ring (bicyclic) bond motifs is 1. The zero-order chi connectivity index (χ0) is 22.7. The lowest BCUT2D eigenvalue weighted by Gasteiger charge is -2.36. The van der Waals surface area contributed by atoms with Gasteiger partial charge in [0.2, 0.25) is 5.91 Å². The molecule has 0 radical (unpaired) electrons. The number of carbonyl (C=O) groups excluding carboxylic acids is 1. The number of para-hydroxylation sites is 1. The molecule has 0 spiro atoms. The highest BCUT2D eigenvalue weighted by atomic mass is 16.2. The number of hydrogen-bond donors (Lipinski definition) is 0. The molecular weight excluding hydrogens is 400 g/mol. The number of carbonyl (C=O) groups is 1. The van der Waals surface area contributed by atoms with Crippen LogP contribution in [-0.4, -0.2) is 56.7 Å². The first-order valence-corrected chi connectivity index (χ1v) is 11.8. The van der Waals surface area contributed by atoms with E-state index in [1.807, 2.05) is 46.1 Å². The first kappa shape index (κ1) is 22.2. The van der Waals surface area contributed by atoms with Gasteiger partial charge in [-0.1, -0.05) is 52.3 Å². The molecule has 1 aromatic carbocycles. The summed E-state index contributed by atoms with van der Waals surface area (Å²) in [5.41, 5.74) is 1.84. The molecule has 32 heavy (non-hydrogen) atoms. The Morgan fingerprint density at radius 2 is 1.75 bits per heavy atom. The molecule has 0 N–H and O–H groups in total. The summed E-state index contributed by atoms with van der Waals surface area (Å²) in [6.07, 6.45) is 4.62. The molecule has 0 unspecified atom stereocenters. The van der Waals surface area contributed by atoms with Gasteiger partial charge in [0.25, 0.3) is 0 Å². The molecule has 3 aromatic rings. The third-order valence-corrected chi connectivity index (χ3v) is 6.10. The van der Waals surface area contributed by atoms with Crippen LogP contribution in [-0.2, 0) is 4.79 Å². The lowest BCUT2D eigenvalue weighted by Crippen LogP contribution is -2.49. The Morgan fingerprint density at radius 3 is 2.41 bits per heavy atom. The first-order valence-electron chi connectivity index (χ1n) is 11.8. The lowest BCUT2D eigenvalue weighted by atomic mass is 10.1. The third-order valence-electron chi connectivity index (χ3n) is 6.10. The van der Waals surface area contributed by atoms with E-state index in [0.717, 1.165) is 67.4 Å². The summed E-state index contributed by atoms with van der Waals surface area (Å²) in [6.45, 7) is 11.6. The van der Waals surface area contributed by atoms with E-state index >= 15 is 0 Å². The smallest absolute Gasteiger partial charge is 0.222 e. The monoisotopic (exact) mass is 434 g/mol. The van der Waals surface area contributed by atoms with Gasteiger partial charge < -0.3 is 9.80 Å². The van der Waals surface area contributed by atoms with Crippen LogP contribution in [0.2, 0.25) is 0 Å². The van der Waals surface area contributed by atoms with E-state index < -0.39 is 0 Å². The molecule has 0 aliphatic carbocycles. The Kier molecular flexibility index (Phi) is 6.72. The van der Waals surface area contributed by atoms with Gasteiger partial charge in [0.05, 0.1) is 17.3 Å². The zero-order valence-corrected chi connectivity index (χ0v) is 19.7. The van der Waals surface area contributed by atoms with Gasteiger partial charge >= 0.3 is 0 Å². The van der Waals surface area contributed by atoms with Gasteiger partial charge in [-0.3, -0.25) is 4.79 Å². The molecule has 1 aliphatic rings. The van der Waals surface area contributed by atoms with Gasteiger partial charge in [-0.2, -0.15) is 5.10 Å². The van der Waals surface area contributed by atoms with Crippen molar-refractivity contribution in [3.05, 3.63) is 42.4 Å². The van der Waals surface area contributed by atoms with E-state index in [0.29, 0.717) is 12.3 Å². The van der Waals surface area contributed by atoms with Crippen molar-refractivity contribution in [1.82, 2.24) is 24.6 Å². The van der Waals surface area contributed by atoms with Gasteiger partial charge in [0, 0.05) is 38.5 Å². The normalized spacial score (nSPS) is 15.5. The largest absolute Gasteiger partial charge is 0.352 e. The van der Waals surface area contributed by atoms with E-state index in [1.54, 1.807) is 0 Å². The van der Waals surface area contributed by atoms with E-state index in [4.69, 9.17) is 9.97 Å². The SMILES string of the molecule is CCC[C@H](C)c1nc(N2CCN(C(=O)CC(C)C)CC2)c2cnn(-c3ccccc3)c2n1. The lowest BCUT2D eigenvalue weighted by molar-refractivity contribution is -0.132. The zero-order valence-electron chi connectivity index (χ0n) is 19.7. The molecule has 1 atom stereocenters. The molecule has 0 saturated carbocycles. The fourth-order valence-electron chi connectivity index (χ4n) is 4.34. The van der Waals surface area contributed by atoms with E-state index in [1.165, 1.54) is 0 Å². The number of anilines is 1. The molecule has 7 heteroatoms. The van der Waals surface area contributed by atoms with Crippen LogP contribution in [0, 0.1) is 5.92 Å². The standard InChI is InChI=1S/C25H34N6O/c1-5-9-19(4)23-27-24(30-14-12-29(13-15-30)22(32)16-18(2)3)21-17-26-31(25(21)28-23)20-10-7-6-8-11-20/h6-8,10-11,17-19H,5,9,12-16H2,1-4H3/t19-/m0/s1. The second-order valence-electron chi connectivity index (χ2n) is 9.19. The number of benzene rings is 1. The van der Waals surface area contributed by atoms with Crippen LogP contribution in [0.15, 0.2) is 36.5 Å². The second-order valence-corrected chi connectivity index (χ2v) is 9.19. The average Bonchev–Trinajstić information content (AvgIpc) is 3.23. The predicted molar refractivity (Wildman–Crippen MR) is 128 cm³/mol. The first-order chi connectivity index (χ1) is 15.5. The van der Waals surface area contributed by atoms with Crippen molar-refractivity contribution in [3.8, 4) is 5.69 Å². The number of rotatable bonds is 7. The summed E-state index contributed by atoms with van der Waals surface area (Å²) >= 11 is 0. The van der Waals surface area contributed by atoms with Crippen LogP contribution in [0.5, 0.6) is 0 Å². The van der Waals surface area contributed by atoms with Crippen LogP contribution in [0.4, 0.5) is 5.82 Å². The minimum Gasteiger partial charge on any atom is -0.352 e. The molecule has 2 aromatic heterocycles. The number of nitrogens with zero attached hydrogens (tertiary/aromatic N) is 6. The molecule has 1 fully saturated rings. The van der Waals surface area contributed by atoms with Crippen molar-refractivity contribution in [2.75, 3.05) is 31.1 Å². The Morgan fingerprint density at radius 1 is 1.03 bits per heavy atom. The van der Waals surface area contributed by atoms with Crippen LogP contribution >= 0.6 is 0 Å². The highest BCUT2D eigenvalue weighted by Gasteiger charge is 2.26. The minimum atomic E-state index is 0.252. The third kappa shape index (κ3) is 4.61. The van der Waals surface area contributed by atoms with Gasteiger partial charge in [-0.15, -0.1) is 0 Å². The maximum Gasteiger partial charge on any atom is 0.222 e. The Hall–Kier alpha value is -2.96. The van der Waals surface area contributed by atoms with Crippen molar-refractivity contribution in [3.63, 3.8) is 0 Å². The van der Waals surface area contributed by atoms with Gasteiger partial charge in [-0.05, 0) is 24.5 Å². The maximum absolute atomic E-state index is 12.5. The van der Waals surface area contributed by atoms with E-state index in [9.17, 15) is 4.79 Å². The van der Waals surface area contributed by atoms with Crippen LogP contribution in [0.1, 0.15) is 58.7 Å². The highest BCUT2D eigenvalue weighted by molar-refractivity contribution is 5.88. The summed E-state index contributed by atoms with van der Waals surface area (Å²) in [7, 11) is 0. The molecule has 0 bridgehead atoms. The van der Waals surface area contributed by atoms with Crippen molar-refractivity contribution >= 4 is 22.8 Å². The van der Waals surface area contributed by atoms with Crippen molar-refractivity contribution < 1.29 is 4.79 Å². The molecule has 1 aliphatic heterocycles. The van der Waals surface area contributed by atoms with Crippen LogP contribution < -0.4 is 4.90 Å². The summed E-state index contributed by atoms with van der Waals surface area (Å²) in [6, 6.07) is 10.1. The number of amides is 1. The fourth-order valence-corrected chi connectivity index (χ4v) is 4.34. The second kappa shape index (κ2) is 9.67. The number of hydrogen-bond acceptors (Lipinski definition) is 5. The van der Waals surface area contributed by atoms with Crippen molar-refractivity contribution in [1.29, 1.82) is 0 Å². The predicted octanol–water partition coefficient (Wildman–Crippen LogP) is 4.41. The topological polar surface area (TPSA) is 67.2 Å². The molecule has 170 valence electrons. The quantitative estimate of drug-likeness (QED) is 0.551. The van der Waals surface area contributed by atoms with E-state index in [2.05, 4.69) is 37.7 Å². The van der Waals surface area contributed by atoms with Gasteiger partial charge in [0.15, 0.2) is 5.65 Å². The fraction of sp³-hybridized carbons (Fsp3) is 0.520. The van der Waals surface area contributed by atoms with Gasteiger partial charge in [0.1, 0.15) is 11.6 Å². The summed E-state index contributed by atoms with van der Waals surface area (Å²) in [4.78, 5) is 26.8.